The number of aromatic hydroxyl groups is 2. The zero-order chi connectivity index (χ0) is 31.3. The van der Waals surface area contributed by atoms with Crippen LogP contribution in [0, 0.1) is 0 Å². The zero-order valence-corrected chi connectivity index (χ0v) is 23.4. The van der Waals surface area contributed by atoms with Crippen LogP contribution in [0.3, 0.4) is 0 Å². The second-order valence-corrected chi connectivity index (χ2v) is 11.4. The molecular formula is C30H28N6O9. The number of nitrogens with zero attached hydrogens (tertiary/aromatic N) is 3. The van der Waals surface area contributed by atoms with Crippen molar-refractivity contribution < 1.29 is 45.0 Å². The molecular weight excluding hydrogens is 588 g/mol. The standard InChI is InChI=1S/C30H28N6O9/c37-10-17-25(40)26(41)27(42)30(45-17)35-16-8-12(39)2-4-14(16)20-22-21(28(43)36(29(22)44)33-9-18-31-5-6-32-18)19-13-3-1-11(38)7-15(13)34-23(19)24(20)35/h1-4,7-8,17,25-27,30,33-34,37-42H,5-6,9-10H2,(H,31,32)/t17-,25-,26+,27-,30-/m1/s1. The van der Waals surface area contributed by atoms with Crippen molar-refractivity contribution in [2.75, 3.05) is 26.2 Å². The highest BCUT2D eigenvalue weighted by Crippen LogP contribution is 2.47. The Morgan fingerprint density at radius 3 is 2.36 bits per heavy atom. The molecule has 5 heterocycles. The summed E-state index contributed by atoms with van der Waals surface area (Å²) in [6.45, 7) is 0.647. The molecule has 232 valence electrons. The second kappa shape index (κ2) is 9.87. The number of fused-ring (bicyclic) bond motifs is 10. The first-order valence-corrected chi connectivity index (χ1v) is 14.4. The van der Waals surface area contributed by atoms with E-state index in [4.69, 9.17) is 4.74 Å². The molecule has 0 bridgehead atoms. The molecule has 3 aliphatic heterocycles. The Balaban J connectivity index is 1.48. The lowest BCUT2D eigenvalue weighted by Gasteiger charge is -2.41. The average Bonchev–Trinajstić information content (AvgIpc) is 3.79. The van der Waals surface area contributed by atoms with Crippen LogP contribution >= 0.6 is 0 Å². The number of carbonyl (C=O) groups is 2. The van der Waals surface area contributed by atoms with Crippen LogP contribution in [0.5, 0.6) is 11.5 Å². The van der Waals surface area contributed by atoms with Gasteiger partial charge < -0.3 is 50.2 Å². The van der Waals surface area contributed by atoms with Gasteiger partial charge in [0.2, 0.25) is 0 Å². The molecule has 5 aromatic rings. The molecule has 0 unspecified atom stereocenters. The lowest BCUT2D eigenvalue weighted by molar-refractivity contribution is -0.249. The number of phenols is 2. The molecule has 0 radical (unpaired) electrons. The highest BCUT2D eigenvalue weighted by Gasteiger charge is 2.47. The molecule has 9 N–H and O–H groups in total. The number of carbonyl (C=O) groups excluding carboxylic acids is 2. The van der Waals surface area contributed by atoms with Crippen LogP contribution in [0.2, 0.25) is 0 Å². The van der Waals surface area contributed by atoms with Crippen LogP contribution in [-0.4, -0.2) is 114 Å². The van der Waals surface area contributed by atoms with Crippen molar-refractivity contribution in [3.63, 3.8) is 0 Å². The molecule has 3 aromatic carbocycles. The molecule has 1 saturated heterocycles. The number of ether oxygens (including phenoxy) is 1. The molecule has 0 aliphatic carbocycles. The van der Waals surface area contributed by atoms with E-state index in [1.807, 2.05) is 0 Å². The van der Waals surface area contributed by atoms with Gasteiger partial charge in [-0.25, -0.2) is 10.4 Å². The second-order valence-electron chi connectivity index (χ2n) is 11.4. The molecule has 5 atom stereocenters. The molecule has 15 heteroatoms. The van der Waals surface area contributed by atoms with Gasteiger partial charge in [-0.3, -0.25) is 14.6 Å². The van der Waals surface area contributed by atoms with Crippen molar-refractivity contribution >= 4 is 61.3 Å². The summed E-state index contributed by atoms with van der Waals surface area (Å²) in [6, 6.07) is 8.93. The minimum Gasteiger partial charge on any atom is -0.508 e. The summed E-state index contributed by atoms with van der Waals surface area (Å²) in [6.07, 6.45) is -7.73. The van der Waals surface area contributed by atoms with E-state index in [1.54, 1.807) is 12.1 Å². The Kier molecular flexibility index (Phi) is 6.09. The molecule has 2 aromatic heterocycles. The normalized spacial score (nSPS) is 25.2. The maximum atomic E-state index is 14.2. The molecule has 0 saturated carbocycles. The summed E-state index contributed by atoms with van der Waals surface area (Å²) in [7, 11) is 0. The number of aliphatic imine (C=N–C) groups is 1. The number of aliphatic hydroxyl groups is 4. The molecule has 8 rings (SSSR count). The molecule has 2 amide bonds. The van der Waals surface area contributed by atoms with E-state index in [-0.39, 0.29) is 40.2 Å². The first-order chi connectivity index (χ1) is 21.7. The highest BCUT2D eigenvalue weighted by atomic mass is 16.6. The molecule has 1 fully saturated rings. The fourth-order valence-corrected chi connectivity index (χ4v) is 6.84. The Labute approximate surface area is 252 Å². The van der Waals surface area contributed by atoms with E-state index in [0.717, 1.165) is 5.01 Å². The van der Waals surface area contributed by atoms with Gasteiger partial charge in [-0.1, -0.05) is 0 Å². The van der Waals surface area contributed by atoms with Crippen LogP contribution in [0.15, 0.2) is 41.4 Å². The highest BCUT2D eigenvalue weighted by molar-refractivity contribution is 6.39. The van der Waals surface area contributed by atoms with Crippen molar-refractivity contribution in [1.82, 2.24) is 25.3 Å². The smallest absolute Gasteiger partial charge is 0.276 e. The largest absolute Gasteiger partial charge is 0.508 e. The van der Waals surface area contributed by atoms with Gasteiger partial charge in [-0.05, 0) is 24.3 Å². The van der Waals surface area contributed by atoms with Gasteiger partial charge in [0, 0.05) is 40.2 Å². The summed E-state index contributed by atoms with van der Waals surface area (Å²) in [4.78, 5) is 35.9. The van der Waals surface area contributed by atoms with E-state index in [2.05, 4.69) is 20.7 Å². The van der Waals surface area contributed by atoms with Crippen molar-refractivity contribution in [3.8, 4) is 11.5 Å². The van der Waals surface area contributed by atoms with E-state index in [9.17, 15) is 40.2 Å². The third-order valence-corrected chi connectivity index (χ3v) is 8.86. The minimum absolute atomic E-state index is 0.0446. The lowest BCUT2D eigenvalue weighted by atomic mass is 9.96. The number of aromatic nitrogens is 2. The van der Waals surface area contributed by atoms with Crippen LogP contribution in [0.25, 0.3) is 43.6 Å². The Morgan fingerprint density at radius 1 is 0.933 bits per heavy atom. The predicted molar refractivity (Wildman–Crippen MR) is 160 cm³/mol. The van der Waals surface area contributed by atoms with Crippen molar-refractivity contribution in [1.29, 1.82) is 0 Å². The average molecular weight is 617 g/mol. The third-order valence-electron chi connectivity index (χ3n) is 8.86. The summed E-state index contributed by atoms with van der Waals surface area (Å²) in [5, 5.41) is 68.9. The number of imide groups is 1. The number of hydrogen-bond acceptors (Lipinski definition) is 12. The molecule has 0 spiro atoms. The number of aromatic amines is 1. The Morgan fingerprint density at radius 2 is 1.64 bits per heavy atom. The van der Waals surface area contributed by atoms with Gasteiger partial charge in [0.15, 0.2) is 6.23 Å². The number of benzene rings is 3. The van der Waals surface area contributed by atoms with E-state index in [0.29, 0.717) is 51.5 Å². The molecule has 45 heavy (non-hydrogen) atoms. The first-order valence-electron chi connectivity index (χ1n) is 14.4. The van der Waals surface area contributed by atoms with Gasteiger partial charge >= 0.3 is 0 Å². The fraction of sp³-hybridized carbons (Fsp3) is 0.300. The van der Waals surface area contributed by atoms with Crippen molar-refractivity contribution in [2.45, 2.75) is 30.6 Å². The van der Waals surface area contributed by atoms with Crippen LogP contribution < -0.4 is 10.7 Å². The van der Waals surface area contributed by atoms with Gasteiger partial charge in [0.05, 0.1) is 52.9 Å². The van der Waals surface area contributed by atoms with Gasteiger partial charge in [-0.15, -0.1) is 0 Å². The SMILES string of the molecule is O=C1c2c(c3c4ccc(O)cc4n([C@@H]4O[C@H](CO)[C@@H](O)[C@H](O)[C@H]4O)c3c3[nH]c4cc(O)ccc4c23)C(=O)N1NCC1=NCCN1. The van der Waals surface area contributed by atoms with Gasteiger partial charge in [-0.2, -0.15) is 0 Å². The zero-order valence-electron chi connectivity index (χ0n) is 23.4. The monoisotopic (exact) mass is 616 g/mol. The van der Waals surface area contributed by atoms with Crippen LogP contribution in [0.4, 0.5) is 0 Å². The number of amidine groups is 1. The number of aliphatic hydroxyl groups excluding tert-OH is 4. The van der Waals surface area contributed by atoms with E-state index < -0.39 is 49.1 Å². The minimum atomic E-state index is -1.72. The van der Waals surface area contributed by atoms with E-state index in [1.165, 1.54) is 28.8 Å². The summed E-state index contributed by atoms with van der Waals surface area (Å²) in [5.74, 6) is -0.853. The van der Waals surface area contributed by atoms with E-state index >= 15 is 0 Å². The quantitative estimate of drug-likeness (QED) is 0.119. The maximum absolute atomic E-state index is 14.2. The number of amides is 2. The molecule has 15 nitrogen and oxygen atoms in total. The summed E-state index contributed by atoms with van der Waals surface area (Å²) in [5.41, 5.74) is 4.43. The number of nitrogens with one attached hydrogen (secondary N) is 3. The summed E-state index contributed by atoms with van der Waals surface area (Å²) < 4.78 is 7.46. The van der Waals surface area contributed by atoms with Crippen LogP contribution in [-0.2, 0) is 4.74 Å². The number of rotatable bonds is 5. The lowest BCUT2D eigenvalue weighted by Crippen LogP contribution is -2.56. The third kappa shape index (κ3) is 3.83. The number of hydrogen-bond donors (Lipinski definition) is 9. The Bertz CT molecular complexity index is 2120. The predicted octanol–water partition coefficient (Wildman–Crippen LogP) is -0.0851. The Hall–Kier alpha value is -4.77. The van der Waals surface area contributed by atoms with Gasteiger partial charge in [0.1, 0.15) is 41.8 Å². The van der Waals surface area contributed by atoms with Crippen LogP contribution in [0.1, 0.15) is 26.9 Å². The van der Waals surface area contributed by atoms with Crippen molar-refractivity contribution in [2.24, 2.45) is 4.99 Å². The maximum Gasteiger partial charge on any atom is 0.276 e. The number of phenolic OH excluding ortho intramolecular Hbond substituents is 2. The number of hydrazine groups is 1. The van der Waals surface area contributed by atoms with Crippen molar-refractivity contribution in [3.05, 3.63) is 47.5 Å². The molecule has 3 aliphatic rings. The summed E-state index contributed by atoms with van der Waals surface area (Å²) >= 11 is 0. The first kappa shape index (κ1) is 27.8. The fourth-order valence-electron chi connectivity index (χ4n) is 6.84. The van der Waals surface area contributed by atoms with Gasteiger partial charge in [0.25, 0.3) is 11.8 Å². The topological polar surface area (TPSA) is 225 Å². The number of H-pyrrole nitrogens is 1.